The molecule has 0 rings (SSSR count). The summed E-state index contributed by atoms with van der Waals surface area (Å²) in [6, 6.07) is 0. The number of carbonyl (C=O) groups is 2. The first-order valence-corrected chi connectivity index (χ1v) is 6.38. The molecule has 0 aromatic carbocycles. The molecule has 0 aliphatic carbocycles. The Labute approximate surface area is 94.8 Å². The molecule has 4 nitrogen and oxygen atoms in total. The van der Waals surface area contributed by atoms with E-state index >= 15 is 0 Å². The third-order valence-corrected chi connectivity index (χ3v) is 2.70. The zero-order valence-corrected chi connectivity index (χ0v) is 9.94. The summed E-state index contributed by atoms with van der Waals surface area (Å²) in [6.07, 6.45) is 2.62. The largest absolute Gasteiger partial charge is 0.481 e. The minimum Gasteiger partial charge on any atom is -0.481 e. The number of unbranched alkanes of at least 4 members (excludes halogenated alkanes) is 2. The fourth-order valence-corrected chi connectivity index (χ4v) is 1.54. The summed E-state index contributed by atoms with van der Waals surface area (Å²) in [7, 11) is 0. The molecule has 0 aromatic heterocycles. The number of nitrogens with one attached hydrogen (secondary N) is 1. The molecule has 2 N–H and O–H groups in total. The van der Waals surface area contributed by atoms with Crippen molar-refractivity contribution in [2.75, 3.05) is 18.1 Å². The van der Waals surface area contributed by atoms with Crippen molar-refractivity contribution in [1.82, 2.24) is 5.32 Å². The third kappa shape index (κ3) is 11.2. The predicted molar refractivity (Wildman–Crippen MR) is 62.1 cm³/mol. The van der Waals surface area contributed by atoms with Crippen molar-refractivity contribution in [3.8, 4) is 0 Å². The summed E-state index contributed by atoms with van der Waals surface area (Å²) in [5.74, 6) is 0.788. The van der Waals surface area contributed by atoms with Crippen LogP contribution in [0.1, 0.15) is 32.6 Å². The summed E-state index contributed by atoms with van der Waals surface area (Å²) in [4.78, 5) is 21.3. The maximum atomic E-state index is 11.1. The van der Waals surface area contributed by atoms with Gasteiger partial charge >= 0.3 is 5.97 Å². The Kier molecular flexibility index (Phi) is 9.36. The molecule has 0 heterocycles. The summed E-state index contributed by atoms with van der Waals surface area (Å²) < 4.78 is 0. The van der Waals surface area contributed by atoms with E-state index in [9.17, 15) is 9.59 Å². The number of rotatable bonds is 9. The summed E-state index contributed by atoms with van der Waals surface area (Å²) in [5.41, 5.74) is 0. The lowest BCUT2D eigenvalue weighted by Gasteiger charge is -2.03. The molecule has 88 valence electrons. The van der Waals surface area contributed by atoms with Crippen LogP contribution in [-0.2, 0) is 9.59 Å². The number of hydrogen-bond acceptors (Lipinski definition) is 3. The van der Waals surface area contributed by atoms with Gasteiger partial charge in [-0.3, -0.25) is 9.59 Å². The van der Waals surface area contributed by atoms with Gasteiger partial charge in [0.15, 0.2) is 0 Å². The average molecular weight is 233 g/mol. The summed E-state index contributed by atoms with van der Waals surface area (Å²) in [6.45, 7) is 2.67. The third-order valence-electron chi connectivity index (χ3n) is 1.83. The molecule has 5 heteroatoms. The molecule has 0 aliphatic heterocycles. The molecule has 0 spiro atoms. The molecule has 0 atom stereocenters. The van der Waals surface area contributed by atoms with Gasteiger partial charge in [-0.2, -0.15) is 11.8 Å². The van der Waals surface area contributed by atoms with Crippen LogP contribution in [0.3, 0.4) is 0 Å². The van der Waals surface area contributed by atoms with Crippen molar-refractivity contribution >= 4 is 23.6 Å². The van der Waals surface area contributed by atoms with Crippen LogP contribution in [0.2, 0.25) is 0 Å². The highest BCUT2D eigenvalue weighted by Gasteiger charge is 2.00. The minimum atomic E-state index is -0.751. The maximum Gasteiger partial charge on any atom is 0.303 e. The zero-order valence-electron chi connectivity index (χ0n) is 9.12. The van der Waals surface area contributed by atoms with E-state index in [0.717, 1.165) is 18.6 Å². The second-order valence-electron chi connectivity index (χ2n) is 3.19. The van der Waals surface area contributed by atoms with Crippen LogP contribution in [0, 0.1) is 0 Å². The van der Waals surface area contributed by atoms with E-state index in [0.29, 0.717) is 18.7 Å². The Balaban J connectivity index is 3.16. The van der Waals surface area contributed by atoms with Crippen LogP contribution in [0.15, 0.2) is 0 Å². The number of carboxylic acid groups (broad SMARTS) is 1. The second kappa shape index (κ2) is 9.83. The van der Waals surface area contributed by atoms with Crippen LogP contribution in [0.4, 0.5) is 0 Å². The van der Waals surface area contributed by atoms with Crippen molar-refractivity contribution in [3.63, 3.8) is 0 Å². The average Bonchev–Trinajstić information content (AvgIpc) is 2.19. The van der Waals surface area contributed by atoms with E-state index in [-0.39, 0.29) is 12.3 Å². The lowest BCUT2D eigenvalue weighted by Crippen LogP contribution is -2.26. The fraction of sp³-hybridized carbons (Fsp3) is 0.800. The van der Waals surface area contributed by atoms with Gasteiger partial charge in [-0.15, -0.1) is 0 Å². The quantitative estimate of drug-likeness (QED) is 0.592. The molecule has 0 saturated carbocycles. The number of carbonyl (C=O) groups excluding carboxylic acids is 1. The van der Waals surface area contributed by atoms with Crippen LogP contribution >= 0.6 is 11.8 Å². The van der Waals surface area contributed by atoms with Crippen LogP contribution in [0.5, 0.6) is 0 Å². The highest BCUT2D eigenvalue weighted by Crippen LogP contribution is 1.99. The van der Waals surface area contributed by atoms with Crippen molar-refractivity contribution in [2.24, 2.45) is 0 Å². The number of carboxylic acids is 1. The highest BCUT2D eigenvalue weighted by atomic mass is 32.2. The van der Waals surface area contributed by atoms with E-state index < -0.39 is 5.97 Å². The lowest BCUT2D eigenvalue weighted by molar-refractivity contribution is -0.137. The van der Waals surface area contributed by atoms with Gasteiger partial charge in [-0.05, 0) is 18.6 Å². The molecule has 1 amide bonds. The minimum absolute atomic E-state index is 0.0695. The first-order valence-electron chi connectivity index (χ1n) is 5.23. The van der Waals surface area contributed by atoms with Crippen molar-refractivity contribution in [3.05, 3.63) is 0 Å². The molecule has 0 aliphatic rings. The SMILES string of the molecule is CCSCC(=O)NCCCCCC(=O)O. The molecule has 0 unspecified atom stereocenters. The van der Waals surface area contributed by atoms with Crippen LogP contribution in [-0.4, -0.2) is 35.0 Å². The first kappa shape index (κ1) is 14.3. The van der Waals surface area contributed by atoms with Crippen molar-refractivity contribution in [2.45, 2.75) is 32.6 Å². The zero-order chi connectivity index (χ0) is 11.5. The Bertz CT molecular complexity index is 197. The molecular weight excluding hydrogens is 214 g/mol. The van der Waals surface area contributed by atoms with E-state index in [1.165, 1.54) is 0 Å². The van der Waals surface area contributed by atoms with E-state index in [2.05, 4.69) is 5.32 Å². The second-order valence-corrected chi connectivity index (χ2v) is 4.47. The monoisotopic (exact) mass is 233 g/mol. The number of amides is 1. The van der Waals surface area contributed by atoms with E-state index in [1.54, 1.807) is 11.8 Å². The van der Waals surface area contributed by atoms with E-state index in [4.69, 9.17) is 5.11 Å². The molecule has 0 fully saturated rings. The molecule has 0 radical (unpaired) electrons. The van der Waals surface area contributed by atoms with Gasteiger partial charge in [0.1, 0.15) is 0 Å². The number of hydrogen-bond donors (Lipinski definition) is 2. The highest BCUT2D eigenvalue weighted by molar-refractivity contribution is 7.99. The van der Waals surface area contributed by atoms with Gasteiger partial charge in [-0.1, -0.05) is 13.3 Å². The molecule has 0 aromatic rings. The lowest BCUT2D eigenvalue weighted by atomic mass is 10.2. The maximum absolute atomic E-state index is 11.1. The first-order chi connectivity index (χ1) is 7.16. The van der Waals surface area contributed by atoms with Gasteiger partial charge in [-0.25, -0.2) is 0 Å². The van der Waals surface area contributed by atoms with Crippen molar-refractivity contribution in [1.29, 1.82) is 0 Å². The van der Waals surface area contributed by atoms with Crippen molar-refractivity contribution < 1.29 is 14.7 Å². The molecular formula is C10H19NO3S. The van der Waals surface area contributed by atoms with Gasteiger partial charge in [0.25, 0.3) is 0 Å². The standard InChI is InChI=1S/C10H19NO3S/c1-2-15-8-9(12)11-7-5-3-4-6-10(13)14/h2-8H2,1H3,(H,11,12)(H,13,14). The molecule has 0 bridgehead atoms. The number of aliphatic carboxylic acids is 1. The fourth-order valence-electron chi connectivity index (χ4n) is 1.05. The van der Waals surface area contributed by atoms with Gasteiger partial charge < -0.3 is 10.4 Å². The topological polar surface area (TPSA) is 66.4 Å². The summed E-state index contributed by atoms with van der Waals surface area (Å²) >= 11 is 1.60. The predicted octanol–water partition coefficient (Wildman–Crippen LogP) is 1.50. The van der Waals surface area contributed by atoms with Gasteiger partial charge in [0.2, 0.25) is 5.91 Å². The van der Waals surface area contributed by atoms with Gasteiger partial charge in [0.05, 0.1) is 5.75 Å². The van der Waals surface area contributed by atoms with Crippen LogP contribution in [0.25, 0.3) is 0 Å². The molecule has 15 heavy (non-hydrogen) atoms. The Morgan fingerprint density at radius 1 is 1.27 bits per heavy atom. The van der Waals surface area contributed by atoms with Gasteiger partial charge in [0, 0.05) is 13.0 Å². The number of thioether (sulfide) groups is 1. The van der Waals surface area contributed by atoms with Crippen LogP contribution < -0.4 is 5.32 Å². The normalized spacial score (nSPS) is 9.93. The van der Waals surface area contributed by atoms with E-state index in [1.807, 2.05) is 6.92 Å². The Morgan fingerprint density at radius 3 is 2.60 bits per heavy atom. The Hall–Kier alpha value is -0.710. The Morgan fingerprint density at radius 2 is 2.00 bits per heavy atom. The molecule has 0 saturated heterocycles. The smallest absolute Gasteiger partial charge is 0.303 e. The summed E-state index contributed by atoms with van der Waals surface area (Å²) in [5, 5.41) is 11.2.